The molecular formula is C18H15ClN2O5S2. The van der Waals surface area contributed by atoms with Gasteiger partial charge in [-0.2, -0.15) is 4.72 Å². The molecule has 7 nitrogen and oxygen atoms in total. The molecule has 1 aromatic carbocycles. The molecule has 0 aliphatic heterocycles. The van der Waals surface area contributed by atoms with Crippen LogP contribution in [0.4, 0.5) is 0 Å². The van der Waals surface area contributed by atoms with Gasteiger partial charge in [-0.1, -0.05) is 30.3 Å². The van der Waals surface area contributed by atoms with Gasteiger partial charge in [-0.05, 0) is 35.7 Å². The van der Waals surface area contributed by atoms with Crippen molar-refractivity contribution in [2.75, 3.05) is 0 Å². The molecule has 2 heterocycles. The highest BCUT2D eigenvalue weighted by Crippen LogP contribution is 2.52. The lowest BCUT2D eigenvalue weighted by atomic mass is 10.1. The fraction of sp³-hybridized carbons (Fsp3) is 0.222. The summed E-state index contributed by atoms with van der Waals surface area (Å²) in [5, 5.41) is 9.78. The Kier molecular flexibility index (Phi) is 4.58. The Bertz CT molecular complexity index is 1160. The summed E-state index contributed by atoms with van der Waals surface area (Å²) in [5.74, 6) is -1.26. The van der Waals surface area contributed by atoms with Gasteiger partial charge in [0.15, 0.2) is 5.89 Å². The lowest BCUT2D eigenvalue weighted by Crippen LogP contribution is -2.44. The molecule has 0 amide bonds. The number of halogens is 1. The maximum absolute atomic E-state index is 12.9. The Morgan fingerprint density at radius 3 is 2.64 bits per heavy atom. The number of rotatable bonds is 6. The molecule has 3 aromatic rings. The number of carboxylic acid groups (broad SMARTS) is 1. The van der Waals surface area contributed by atoms with E-state index in [0.717, 1.165) is 16.9 Å². The van der Waals surface area contributed by atoms with Crippen LogP contribution in [0.5, 0.6) is 0 Å². The van der Waals surface area contributed by atoms with Crippen LogP contribution in [0.2, 0.25) is 5.22 Å². The molecule has 28 heavy (non-hydrogen) atoms. The van der Waals surface area contributed by atoms with Crippen LogP contribution in [0.3, 0.4) is 0 Å². The van der Waals surface area contributed by atoms with E-state index in [0.29, 0.717) is 16.5 Å². The van der Waals surface area contributed by atoms with Crippen LogP contribution >= 0.6 is 22.9 Å². The zero-order valence-electron chi connectivity index (χ0n) is 14.5. The van der Waals surface area contributed by atoms with Gasteiger partial charge < -0.3 is 9.52 Å². The molecule has 0 radical (unpaired) electrons. The van der Waals surface area contributed by atoms with Crippen LogP contribution < -0.4 is 4.72 Å². The third-order valence-corrected chi connectivity index (χ3v) is 7.98. The van der Waals surface area contributed by atoms with Gasteiger partial charge in [-0.3, -0.25) is 4.79 Å². The molecule has 146 valence electrons. The monoisotopic (exact) mass is 438 g/mol. The number of carboxylic acids is 1. The number of aryl methyl sites for hydroxylation is 1. The zero-order chi connectivity index (χ0) is 20.1. The minimum atomic E-state index is -4.05. The van der Waals surface area contributed by atoms with E-state index in [1.54, 1.807) is 37.3 Å². The van der Waals surface area contributed by atoms with Crippen molar-refractivity contribution in [1.82, 2.24) is 9.71 Å². The van der Waals surface area contributed by atoms with Crippen LogP contribution in [0.1, 0.15) is 23.8 Å². The highest BCUT2D eigenvalue weighted by Gasteiger charge is 2.63. The number of hydrogen-bond donors (Lipinski definition) is 2. The standard InChI is InChI=1S/C18H15ClN2O5S2/c1-10-20-15(16(19)26-10)13-7-8-14(27-13)28(24,25)21-18(17(22)23)9-12(18)11-5-3-2-4-6-11/h2-8,12,21H,9H2,1H3,(H,22,23)/t12-,18+/m0/s1. The van der Waals surface area contributed by atoms with Crippen molar-refractivity contribution in [2.24, 2.45) is 0 Å². The van der Waals surface area contributed by atoms with Gasteiger partial charge in [0.25, 0.3) is 10.0 Å². The molecule has 0 unspecified atom stereocenters. The van der Waals surface area contributed by atoms with Crippen LogP contribution in [-0.2, 0) is 14.8 Å². The van der Waals surface area contributed by atoms with Gasteiger partial charge in [0.2, 0.25) is 5.22 Å². The minimum Gasteiger partial charge on any atom is -0.480 e. The van der Waals surface area contributed by atoms with Crippen LogP contribution in [0.15, 0.2) is 51.1 Å². The largest absolute Gasteiger partial charge is 0.480 e. The second kappa shape index (κ2) is 6.70. The number of aliphatic carboxylic acids is 1. The van der Waals surface area contributed by atoms with E-state index in [-0.39, 0.29) is 15.8 Å². The second-order valence-corrected chi connectivity index (χ2v) is 9.86. The van der Waals surface area contributed by atoms with Crippen molar-refractivity contribution < 1.29 is 22.7 Å². The third kappa shape index (κ3) is 3.24. The second-order valence-electron chi connectivity index (χ2n) is 6.52. The van der Waals surface area contributed by atoms with Gasteiger partial charge in [-0.15, -0.1) is 11.3 Å². The topological polar surface area (TPSA) is 110 Å². The molecule has 1 saturated carbocycles. The fourth-order valence-corrected chi connectivity index (χ4v) is 6.19. The Labute approximate surface area is 170 Å². The molecule has 2 N–H and O–H groups in total. The number of benzene rings is 1. The molecule has 1 aliphatic carbocycles. The van der Waals surface area contributed by atoms with Crippen LogP contribution in [0.25, 0.3) is 10.6 Å². The summed E-state index contributed by atoms with van der Waals surface area (Å²) >= 11 is 6.93. The highest BCUT2D eigenvalue weighted by atomic mass is 35.5. The maximum atomic E-state index is 12.9. The predicted molar refractivity (Wildman–Crippen MR) is 104 cm³/mol. The van der Waals surface area contributed by atoms with Crippen LogP contribution in [0, 0.1) is 6.92 Å². The number of nitrogens with zero attached hydrogens (tertiary/aromatic N) is 1. The smallest absolute Gasteiger partial charge is 0.325 e. The number of oxazole rings is 1. The lowest BCUT2D eigenvalue weighted by Gasteiger charge is -2.14. The molecular weight excluding hydrogens is 424 g/mol. The molecule has 1 fully saturated rings. The molecule has 0 spiro atoms. The summed E-state index contributed by atoms with van der Waals surface area (Å²) in [5.41, 5.74) is -0.414. The minimum absolute atomic E-state index is 0.0152. The average Bonchev–Trinajstić information content (AvgIpc) is 2.98. The first-order chi connectivity index (χ1) is 13.2. The van der Waals surface area contributed by atoms with Crippen molar-refractivity contribution in [2.45, 2.75) is 29.0 Å². The highest BCUT2D eigenvalue weighted by molar-refractivity contribution is 7.91. The molecule has 10 heteroatoms. The van der Waals surface area contributed by atoms with E-state index >= 15 is 0 Å². The van der Waals surface area contributed by atoms with Gasteiger partial charge in [0.1, 0.15) is 15.4 Å². The van der Waals surface area contributed by atoms with Gasteiger partial charge in [0, 0.05) is 12.8 Å². The third-order valence-electron chi connectivity index (χ3n) is 4.63. The van der Waals surface area contributed by atoms with Gasteiger partial charge in [-0.25, -0.2) is 13.4 Å². The fourth-order valence-electron chi connectivity index (χ4n) is 3.18. The summed E-state index contributed by atoms with van der Waals surface area (Å²) in [6.45, 7) is 1.63. The molecule has 1 aliphatic rings. The molecule has 0 saturated heterocycles. The van der Waals surface area contributed by atoms with Gasteiger partial charge >= 0.3 is 5.97 Å². The van der Waals surface area contributed by atoms with Crippen molar-refractivity contribution in [1.29, 1.82) is 0 Å². The summed E-state index contributed by atoms with van der Waals surface area (Å²) in [4.78, 5) is 16.5. The van der Waals surface area contributed by atoms with E-state index in [9.17, 15) is 18.3 Å². The van der Waals surface area contributed by atoms with Crippen molar-refractivity contribution in [3.8, 4) is 10.6 Å². The Morgan fingerprint density at radius 2 is 2.04 bits per heavy atom. The number of carbonyl (C=O) groups is 1. The average molecular weight is 439 g/mol. The molecule has 2 aromatic heterocycles. The van der Waals surface area contributed by atoms with E-state index < -0.39 is 27.4 Å². The Morgan fingerprint density at radius 1 is 1.32 bits per heavy atom. The quantitative estimate of drug-likeness (QED) is 0.607. The van der Waals surface area contributed by atoms with E-state index in [1.807, 2.05) is 6.07 Å². The van der Waals surface area contributed by atoms with Crippen LogP contribution in [-0.4, -0.2) is 30.0 Å². The summed E-state index contributed by atoms with van der Waals surface area (Å²) in [6, 6.07) is 12.0. The number of thiophene rings is 1. The van der Waals surface area contributed by atoms with Gasteiger partial charge in [0.05, 0.1) is 4.88 Å². The summed E-state index contributed by atoms with van der Waals surface area (Å²) in [7, 11) is -4.05. The number of aromatic nitrogens is 1. The van der Waals surface area contributed by atoms with Crippen molar-refractivity contribution in [3.05, 3.63) is 59.1 Å². The zero-order valence-corrected chi connectivity index (χ0v) is 16.9. The molecule has 2 atom stereocenters. The first-order valence-electron chi connectivity index (χ1n) is 8.28. The normalized spacial score (nSPS) is 21.6. The lowest BCUT2D eigenvalue weighted by molar-refractivity contribution is -0.140. The first kappa shape index (κ1) is 19.1. The number of hydrogen-bond acceptors (Lipinski definition) is 6. The molecule has 4 rings (SSSR count). The number of nitrogens with one attached hydrogen (secondary N) is 1. The number of sulfonamides is 1. The first-order valence-corrected chi connectivity index (χ1v) is 11.0. The van der Waals surface area contributed by atoms with Crippen molar-refractivity contribution in [3.63, 3.8) is 0 Å². The SMILES string of the molecule is Cc1nc(-c2ccc(S(=O)(=O)N[C@]3(C(=O)O)C[C@H]3c3ccccc3)s2)c(Cl)o1. The Hall–Kier alpha value is -2.20. The summed E-state index contributed by atoms with van der Waals surface area (Å²) < 4.78 is 33.3. The van der Waals surface area contributed by atoms with E-state index in [2.05, 4.69) is 9.71 Å². The summed E-state index contributed by atoms with van der Waals surface area (Å²) in [6.07, 6.45) is 0.193. The van der Waals surface area contributed by atoms with E-state index in [1.165, 1.54) is 6.07 Å². The van der Waals surface area contributed by atoms with E-state index in [4.69, 9.17) is 16.0 Å². The van der Waals surface area contributed by atoms with Crippen molar-refractivity contribution >= 4 is 38.9 Å². The predicted octanol–water partition coefficient (Wildman–Crippen LogP) is 3.65. The Balaban J connectivity index is 1.62. The maximum Gasteiger partial charge on any atom is 0.325 e. The molecule has 0 bridgehead atoms.